The molecule has 0 saturated carbocycles. The summed E-state index contributed by atoms with van der Waals surface area (Å²) < 4.78 is 16.6. The first kappa shape index (κ1) is 19.0. The second-order valence-corrected chi connectivity index (χ2v) is 6.83. The van der Waals surface area contributed by atoms with Crippen molar-refractivity contribution in [1.82, 2.24) is 0 Å². The molecule has 1 heterocycles. The molecule has 0 saturated heterocycles. The Kier molecular flexibility index (Phi) is 5.49. The third kappa shape index (κ3) is 3.69. The molecule has 0 bridgehead atoms. The Morgan fingerprint density at radius 2 is 1.69 bits per heavy atom. The smallest absolute Gasteiger partial charge is 0.414 e. The number of carbonyl (C=O) groups is 1. The van der Waals surface area contributed by atoms with Crippen LogP contribution in [-0.4, -0.2) is 26.9 Å². The number of fused-ring (bicyclic) bond motifs is 3. The molecule has 0 aromatic heterocycles. The minimum absolute atomic E-state index is 0.304. The highest BCUT2D eigenvalue weighted by atomic mass is 16.5. The van der Waals surface area contributed by atoms with E-state index in [4.69, 9.17) is 14.2 Å². The predicted octanol–water partition coefficient (Wildman–Crippen LogP) is 5.21. The van der Waals surface area contributed by atoms with E-state index in [9.17, 15) is 4.79 Å². The Hall–Kier alpha value is -3.31. The summed E-state index contributed by atoms with van der Waals surface area (Å²) in [5.74, 6) is 0.772. The second-order valence-electron chi connectivity index (χ2n) is 6.83. The first-order valence-corrected chi connectivity index (χ1v) is 9.49. The van der Waals surface area contributed by atoms with Crippen molar-refractivity contribution >= 4 is 11.8 Å². The van der Waals surface area contributed by atoms with Crippen LogP contribution in [0, 0.1) is 0 Å². The number of anilines is 1. The van der Waals surface area contributed by atoms with E-state index < -0.39 is 6.09 Å². The van der Waals surface area contributed by atoms with Gasteiger partial charge in [0.2, 0.25) is 0 Å². The standard InChI is InChI=1S/C24H23NO4/c1-27-18-12-13-20-21(14-18)19-10-6-7-11-22(19)25(24(26)28-2)23(20)16-29-15-17-8-4-3-5-9-17/h3-14,23H,15-16H2,1-2H3. The molecule has 5 heteroatoms. The molecule has 148 valence electrons. The fraction of sp³-hybridized carbons (Fsp3) is 0.208. The number of carbonyl (C=O) groups excluding carboxylic acids is 1. The number of benzene rings is 3. The zero-order valence-electron chi connectivity index (χ0n) is 16.5. The van der Waals surface area contributed by atoms with Gasteiger partial charge in [-0.25, -0.2) is 4.79 Å². The molecule has 0 N–H and O–H groups in total. The van der Waals surface area contributed by atoms with Gasteiger partial charge in [-0.3, -0.25) is 4.90 Å². The van der Waals surface area contributed by atoms with Crippen molar-refractivity contribution in [2.45, 2.75) is 12.6 Å². The van der Waals surface area contributed by atoms with E-state index in [0.29, 0.717) is 13.2 Å². The van der Waals surface area contributed by atoms with E-state index in [-0.39, 0.29) is 6.04 Å². The van der Waals surface area contributed by atoms with Crippen LogP contribution in [0.15, 0.2) is 72.8 Å². The summed E-state index contributed by atoms with van der Waals surface area (Å²) in [6, 6.07) is 23.4. The summed E-state index contributed by atoms with van der Waals surface area (Å²) in [4.78, 5) is 14.4. The average molecular weight is 389 g/mol. The van der Waals surface area contributed by atoms with Crippen LogP contribution in [-0.2, 0) is 16.1 Å². The van der Waals surface area contributed by atoms with Gasteiger partial charge in [0.05, 0.1) is 39.2 Å². The van der Waals surface area contributed by atoms with Crippen molar-refractivity contribution < 1.29 is 19.0 Å². The van der Waals surface area contributed by atoms with E-state index in [0.717, 1.165) is 33.7 Å². The maximum Gasteiger partial charge on any atom is 0.414 e. The van der Waals surface area contributed by atoms with Crippen LogP contribution in [0.3, 0.4) is 0 Å². The van der Waals surface area contributed by atoms with E-state index in [2.05, 4.69) is 0 Å². The number of para-hydroxylation sites is 1. The lowest BCUT2D eigenvalue weighted by molar-refractivity contribution is 0.102. The lowest BCUT2D eigenvalue weighted by Gasteiger charge is -2.37. The van der Waals surface area contributed by atoms with Gasteiger partial charge in [0.25, 0.3) is 0 Å². The Balaban J connectivity index is 1.72. The minimum Gasteiger partial charge on any atom is -0.497 e. The molecule has 0 spiro atoms. The van der Waals surface area contributed by atoms with Gasteiger partial charge in [0.15, 0.2) is 0 Å². The molecule has 0 radical (unpaired) electrons. The molecule has 5 nitrogen and oxygen atoms in total. The molecular weight excluding hydrogens is 366 g/mol. The fourth-order valence-corrected chi connectivity index (χ4v) is 3.76. The number of nitrogens with zero attached hydrogens (tertiary/aromatic N) is 1. The Bertz CT molecular complexity index is 1000. The second kappa shape index (κ2) is 8.37. The summed E-state index contributed by atoms with van der Waals surface area (Å²) in [6.45, 7) is 0.817. The lowest BCUT2D eigenvalue weighted by Crippen LogP contribution is -2.39. The van der Waals surface area contributed by atoms with Crippen molar-refractivity contribution in [2.75, 3.05) is 25.7 Å². The molecular formula is C24H23NO4. The van der Waals surface area contributed by atoms with E-state index >= 15 is 0 Å². The molecule has 1 aliphatic heterocycles. The zero-order chi connectivity index (χ0) is 20.2. The predicted molar refractivity (Wildman–Crippen MR) is 112 cm³/mol. The van der Waals surface area contributed by atoms with Crippen molar-refractivity contribution in [2.24, 2.45) is 0 Å². The van der Waals surface area contributed by atoms with Crippen LogP contribution >= 0.6 is 0 Å². The first-order chi connectivity index (χ1) is 14.2. The summed E-state index contributed by atoms with van der Waals surface area (Å²) in [7, 11) is 3.05. The highest BCUT2D eigenvalue weighted by molar-refractivity contribution is 5.98. The molecule has 1 amide bonds. The number of hydrogen-bond donors (Lipinski definition) is 0. The molecule has 3 aromatic rings. The Morgan fingerprint density at radius 1 is 0.931 bits per heavy atom. The average Bonchev–Trinajstić information content (AvgIpc) is 2.79. The molecule has 29 heavy (non-hydrogen) atoms. The topological polar surface area (TPSA) is 48.0 Å². The van der Waals surface area contributed by atoms with Gasteiger partial charge in [-0.05, 0) is 34.9 Å². The number of hydrogen-bond acceptors (Lipinski definition) is 4. The Labute approximate surface area is 170 Å². The van der Waals surface area contributed by atoms with Crippen molar-refractivity contribution in [1.29, 1.82) is 0 Å². The number of rotatable bonds is 5. The third-order valence-electron chi connectivity index (χ3n) is 5.14. The van der Waals surface area contributed by atoms with E-state index in [1.807, 2.05) is 72.8 Å². The maximum atomic E-state index is 12.7. The highest BCUT2D eigenvalue weighted by Crippen LogP contribution is 2.46. The molecule has 0 fully saturated rings. The van der Waals surface area contributed by atoms with Crippen molar-refractivity contribution in [3.8, 4) is 16.9 Å². The van der Waals surface area contributed by atoms with Gasteiger partial charge < -0.3 is 14.2 Å². The zero-order valence-corrected chi connectivity index (χ0v) is 16.5. The van der Waals surface area contributed by atoms with Crippen molar-refractivity contribution in [3.05, 3.63) is 83.9 Å². The van der Waals surface area contributed by atoms with Gasteiger partial charge in [0, 0.05) is 5.56 Å². The number of ether oxygens (including phenoxy) is 3. The monoisotopic (exact) mass is 389 g/mol. The molecule has 4 rings (SSSR count). The van der Waals surface area contributed by atoms with E-state index in [1.165, 1.54) is 7.11 Å². The maximum absolute atomic E-state index is 12.7. The SMILES string of the molecule is COC(=O)N1c2ccccc2-c2cc(OC)ccc2C1COCc1ccccc1. The quantitative estimate of drug-likeness (QED) is 0.601. The first-order valence-electron chi connectivity index (χ1n) is 9.49. The molecule has 1 unspecified atom stereocenters. The van der Waals surface area contributed by atoms with Crippen LogP contribution in [0.2, 0.25) is 0 Å². The highest BCUT2D eigenvalue weighted by Gasteiger charge is 2.35. The summed E-state index contributed by atoms with van der Waals surface area (Å²) in [5.41, 5.74) is 4.89. The molecule has 1 atom stereocenters. The van der Waals surface area contributed by atoms with E-state index in [1.54, 1.807) is 12.0 Å². The van der Waals surface area contributed by atoms with Gasteiger partial charge in [-0.1, -0.05) is 54.6 Å². The molecule has 1 aliphatic rings. The molecule has 0 aliphatic carbocycles. The van der Waals surface area contributed by atoms with Crippen LogP contribution in [0.25, 0.3) is 11.1 Å². The minimum atomic E-state index is -0.410. The largest absolute Gasteiger partial charge is 0.497 e. The van der Waals surface area contributed by atoms with Gasteiger partial charge >= 0.3 is 6.09 Å². The number of methoxy groups -OCH3 is 2. The lowest BCUT2D eigenvalue weighted by atomic mass is 9.88. The normalized spacial score (nSPS) is 14.7. The fourth-order valence-electron chi connectivity index (χ4n) is 3.76. The van der Waals surface area contributed by atoms with Crippen LogP contribution < -0.4 is 9.64 Å². The summed E-state index contributed by atoms with van der Waals surface area (Å²) >= 11 is 0. The van der Waals surface area contributed by atoms with Gasteiger partial charge in [0.1, 0.15) is 5.75 Å². The number of amides is 1. The van der Waals surface area contributed by atoms with Crippen LogP contribution in [0.5, 0.6) is 5.75 Å². The summed E-state index contributed by atoms with van der Waals surface area (Å²) in [5, 5.41) is 0. The Morgan fingerprint density at radius 3 is 2.45 bits per heavy atom. The third-order valence-corrected chi connectivity index (χ3v) is 5.14. The molecule has 3 aromatic carbocycles. The van der Waals surface area contributed by atoms with Gasteiger partial charge in [-0.2, -0.15) is 0 Å². The van der Waals surface area contributed by atoms with Crippen molar-refractivity contribution in [3.63, 3.8) is 0 Å². The van der Waals surface area contributed by atoms with Crippen LogP contribution in [0.1, 0.15) is 17.2 Å². The summed E-state index contributed by atoms with van der Waals surface area (Å²) in [6.07, 6.45) is -0.410. The van der Waals surface area contributed by atoms with Gasteiger partial charge in [-0.15, -0.1) is 0 Å². The van der Waals surface area contributed by atoms with Crippen LogP contribution in [0.4, 0.5) is 10.5 Å².